The van der Waals surface area contributed by atoms with Crippen LogP contribution in [0.5, 0.6) is 0 Å². The number of hydrogen-bond acceptors (Lipinski definition) is 3. The first-order valence-electron chi connectivity index (χ1n) is 9.37. The van der Waals surface area contributed by atoms with E-state index in [1.54, 1.807) is 26.0 Å². The minimum atomic E-state index is -3.56. The lowest BCUT2D eigenvalue weighted by molar-refractivity contribution is 0.0925. The molecule has 152 valence electrons. The molecule has 2 aromatic carbocycles. The van der Waals surface area contributed by atoms with Gasteiger partial charge in [-0.15, -0.1) is 0 Å². The van der Waals surface area contributed by atoms with E-state index in [1.165, 1.54) is 40.7 Å². The van der Waals surface area contributed by atoms with Crippen molar-refractivity contribution in [3.63, 3.8) is 0 Å². The largest absolute Gasteiger partial charge is 0.345 e. The van der Waals surface area contributed by atoms with Gasteiger partial charge in [0.15, 0.2) is 0 Å². The molecule has 0 unspecified atom stereocenters. The predicted octanol–water partition coefficient (Wildman–Crippen LogP) is 3.98. The van der Waals surface area contributed by atoms with Crippen molar-refractivity contribution in [2.75, 3.05) is 13.1 Å². The topological polar surface area (TPSA) is 66.5 Å². The van der Waals surface area contributed by atoms with E-state index in [9.17, 15) is 17.6 Å². The van der Waals surface area contributed by atoms with Gasteiger partial charge in [-0.05, 0) is 47.9 Å². The van der Waals surface area contributed by atoms with E-state index in [1.807, 2.05) is 13.8 Å². The van der Waals surface area contributed by atoms with Crippen molar-refractivity contribution >= 4 is 15.9 Å². The number of halogens is 1. The Kier molecular flexibility index (Phi) is 7.32. The van der Waals surface area contributed by atoms with Gasteiger partial charge in [0.25, 0.3) is 5.91 Å². The third-order valence-electron chi connectivity index (χ3n) is 4.64. The van der Waals surface area contributed by atoms with Crippen molar-refractivity contribution in [3.8, 4) is 0 Å². The number of benzene rings is 2. The zero-order valence-corrected chi connectivity index (χ0v) is 17.5. The molecule has 2 rings (SSSR count). The van der Waals surface area contributed by atoms with Crippen LogP contribution < -0.4 is 5.32 Å². The molecule has 0 bridgehead atoms. The number of carbonyl (C=O) groups is 1. The molecule has 0 spiro atoms. The van der Waals surface area contributed by atoms with Crippen LogP contribution in [-0.2, 0) is 10.0 Å². The van der Waals surface area contributed by atoms with Crippen LogP contribution in [0.4, 0.5) is 4.39 Å². The van der Waals surface area contributed by atoms with Gasteiger partial charge in [-0.3, -0.25) is 4.79 Å². The summed E-state index contributed by atoms with van der Waals surface area (Å²) >= 11 is 0. The number of amides is 1. The maximum atomic E-state index is 13.2. The standard InChI is InChI=1S/C21H27FN2O3S/c1-5-24(6-2)28(26,27)19-13-9-17(10-14-19)21(25)23-20(15(3)4)16-7-11-18(22)12-8-16/h7-15,20H,5-6H2,1-4H3,(H,23,25)/t20-/m1/s1. The zero-order valence-electron chi connectivity index (χ0n) is 16.6. The Morgan fingerprint density at radius 1 is 1.00 bits per heavy atom. The first-order valence-corrected chi connectivity index (χ1v) is 10.8. The molecule has 0 aliphatic carbocycles. The molecule has 0 saturated heterocycles. The SMILES string of the molecule is CCN(CC)S(=O)(=O)c1ccc(C(=O)N[C@@H](c2ccc(F)cc2)C(C)C)cc1. The first kappa shape index (κ1) is 22.0. The van der Waals surface area contributed by atoms with E-state index in [0.29, 0.717) is 18.7 Å². The number of sulfonamides is 1. The lowest BCUT2D eigenvalue weighted by Gasteiger charge is -2.23. The fourth-order valence-electron chi connectivity index (χ4n) is 3.02. The van der Waals surface area contributed by atoms with Crippen LogP contribution >= 0.6 is 0 Å². The van der Waals surface area contributed by atoms with E-state index >= 15 is 0 Å². The monoisotopic (exact) mass is 406 g/mol. The summed E-state index contributed by atoms with van der Waals surface area (Å²) in [6, 6.07) is 11.7. The molecule has 0 fully saturated rings. The van der Waals surface area contributed by atoms with Gasteiger partial charge in [0.2, 0.25) is 10.0 Å². The average molecular weight is 407 g/mol. The molecule has 0 aliphatic rings. The molecule has 2 aromatic rings. The Labute approximate surface area is 166 Å². The molecule has 1 N–H and O–H groups in total. The van der Waals surface area contributed by atoms with E-state index < -0.39 is 10.0 Å². The van der Waals surface area contributed by atoms with Crippen LogP contribution in [0.15, 0.2) is 53.4 Å². The van der Waals surface area contributed by atoms with E-state index in [4.69, 9.17) is 0 Å². The lowest BCUT2D eigenvalue weighted by atomic mass is 9.95. The van der Waals surface area contributed by atoms with Crippen molar-refractivity contribution in [3.05, 3.63) is 65.5 Å². The van der Waals surface area contributed by atoms with Crippen molar-refractivity contribution in [1.29, 1.82) is 0 Å². The normalized spacial score (nSPS) is 13.0. The van der Waals surface area contributed by atoms with Crippen LogP contribution in [-0.4, -0.2) is 31.7 Å². The highest BCUT2D eigenvalue weighted by Crippen LogP contribution is 2.23. The van der Waals surface area contributed by atoms with Crippen molar-refractivity contribution < 1.29 is 17.6 Å². The average Bonchev–Trinajstić information content (AvgIpc) is 2.67. The molecular weight excluding hydrogens is 379 g/mol. The highest BCUT2D eigenvalue weighted by Gasteiger charge is 2.23. The summed E-state index contributed by atoms with van der Waals surface area (Å²) in [5.41, 5.74) is 1.18. The summed E-state index contributed by atoms with van der Waals surface area (Å²) in [4.78, 5) is 12.8. The van der Waals surface area contributed by atoms with Gasteiger partial charge in [0.05, 0.1) is 10.9 Å². The van der Waals surface area contributed by atoms with Gasteiger partial charge >= 0.3 is 0 Å². The first-order chi connectivity index (χ1) is 13.2. The molecule has 0 radical (unpaired) electrons. The molecule has 28 heavy (non-hydrogen) atoms. The predicted molar refractivity (Wildman–Crippen MR) is 108 cm³/mol. The van der Waals surface area contributed by atoms with Crippen molar-refractivity contribution in [2.24, 2.45) is 5.92 Å². The summed E-state index contributed by atoms with van der Waals surface area (Å²) in [6.07, 6.45) is 0. The molecule has 7 heteroatoms. The molecule has 0 aliphatic heterocycles. The maximum Gasteiger partial charge on any atom is 0.251 e. The molecule has 5 nitrogen and oxygen atoms in total. The Morgan fingerprint density at radius 3 is 2.00 bits per heavy atom. The van der Waals surface area contributed by atoms with Gasteiger partial charge in [-0.25, -0.2) is 12.8 Å². The Bertz CT molecular complexity index is 890. The van der Waals surface area contributed by atoms with Crippen molar-refractivity contribution in [1.82, 2.24) is 9.62 Å². The smallest absolute Gasteiger partial charge is 0.251 e. The second-order valence-electron chi connectivity index (χ2n) is 6.86. The maximum absolute atomic E-state index is 13.2. The van der Waals surface area contributed by atoms with E-state index in [-0.39, 0.29) is 28.6 Å². The molecule has 0 aromatic heterocycles. The minimum Gasteiger partial charge on any atom is -0.345 e. The molecule has 1 atom stereocenters. The summed E-state index contributed by atoms with van der Waals surface area (Å²) in [6.45, 7) is 8.26. The Hall–Kier alpha value is -2.25. The highest BCUT2D eigenvalue weighted by molar-refractivity contribution is 7.89. The fourth-order valence-corrected chi connectivity index (χ4v) is 4.48. The van der Waals surface area contributed by atoms with Crippen LogP contribution in [0.25, 0.3) is 0 Å². The Morgan fingerprint density at radius 2 is 1.54 bits per heavy atom. The summed E-state index contributed by atoms with van der Waals surface area (Å²) in [7, 11) is -3.56. The molecule has 1 amide bonds. The second-order valence-corrected chi connectivity index (χ2v) is 8.80. The van der Waals surface area contributed by atoms with Gasteiger partial charge < -0.3 is 5.32 Å². The van der Waals surface area contributed by atoms with Crippen LogP contribution in [0, 0.1) is 11.7 Å². The van der Waals surface area contributed by atoms with Crippen LogP contribution in [0.2, 0.25) is 0 Å². The van der Waals surface area contributed by atoms with Crippen LogP contribution in [0.3, 0.4) is 0 Å². The van der Waals surface area contributed by atoms with Crippen LogP contribution in [0.1, 0.15) is 49.7 Å². The molecule has 0 saturated carbocycles. The number of nitrogens with zero attached hydrogens (tertiary/aromatic N) is 1. The Balaban J connectivity index is 2.21. The lowest BCUT2D eigenvalue weighted by Crippen LogP contribution is -2.32. The molecular formula is C21H27FN2O3S. The highest BCUT2D eigenvalue weighted by atomic mass is 32.2. The third-order valence-corrected chi connectivity index (χ3v) is 6.71. The fraction of sp³-hybridized carbons (Fsp3) is 0.381. The number of rotatable bonds is 8. The molecule has 0 heterocycles. The second kappa shape index (κ2) is 9.30. The zero-order chi connectivity index (χ0) is 20.9. The van der Waals surface area contributed by atoms with E-state index in [0.717, 1.165) is 5.56 Å². The van der Waals surface area contributed by atoms with Crippen molar-refractivity contribution in [2.45, 2.75) is 38.6 Å². The summed E-state index contributed by atoms with van der Waals surface area (Å²) < 4.78 is 39.6. The number of hydrogen-bond donors (Lipinski definition) is 1. The van der Waals surface area contributed by atoms with Gasteiger partial charge in [-0.1, -0.05) is 39.8 Å². The number of carbonyl (C=O) groups excluding carboxylic acids is 1. The van der Waals surface area contributed by atoms with Gasteiger partial charge in [0, 0.05) is 18.7 Å². The summed E-state index contributed by atoms with van der Waals surface area (Å²) in [5.74, 6) is -0.547. The summed E-state index contributed by atoms with van der Waals surface area (Å²) in [5, 5.41) is 2.95. The quantitative estimate of drug-likeness (QED) is 0.721. The third kappa shape index (κ3) is 4.97. The number of nitrogens with one attached hydrogen (secondary N) is 1. The minimum absolute atomic E-state index is 0.0942. The van der Waals surface area contributed by atoms with E-state index in [2.05, 4.69) is 5.32 Å². The van der Waals surface area contributed by atoms with Gasteiger partial charge in [-0.2, -0.15) is 4.31 Å². The van der Waals surface area contributed by atoms with Gasteiger partial charge in [0.1, 0.15) is 5.82 Å².